The first-order valence-electron chi connectivity index (χ1n) is 4.36. The molecule has 2 rings (SSSR count). The highest BCUT2D eigenvalue weighted by Crippen LogP contribution is 2.43. The number of Topliss-reactive ketones (excluding diaryl/α,β-unsaturated/α-hetero) is 1. The van der Waals surface area contributed by atoms with Gasteiger partial charge in [0.05, 0.1) is 11.5 Å². The Morgan fingerprint density at radius 3 is 2.50 bits per heavy atom. The van der Waals surface area contributed by atoms with Gasteiger partial charge >= 0.3 is 0 Å². The maximum absolute atomic E-state index is 11.0. The van der Waals surface area contributed by atoms with Crippen LogP contribution in [0, 0.1) is 11.3 Å². The first-order chi connectivity index (χ1) is 6.68. The van der Waals surface area contributed by atoms with Gasteiger partial charge in [-0.1, -0.05) is 34.1 Å². The Hall–Kier alpha value is -1.14. The molecule has 1 aromatic carbocycles. The lowest BCUT2D eigenvalue weighted by Gasteiger charge is -2.34. The highest BCUT2D eigenvalue weighted by Gasteiger charge is 2.46. The van der Waals surface area contributed by atoms with Crippen molar-refractivity contribution in [3.05, 3.63) is 34.3 Å². The first-order valence-corrected chi connectivity index (χ1v) is 5.15. The summed E-state index contributed by atoms with van der Waals surface area (Å²) >= 11 is 3.41. The molecule has 2 nitrogen and oxygen atoms in total. The summed E-state index contributed by atoms with van der Waals surface area (Å²) in [7, 11) is 0. The van der Waals surface area contributed by atoms with Crippen molar-refractivity contribution in [2.45, 2.75) is 18.3 Å². The van der Waals surface area contributed by atoms with E-state index >= 15 is 0 Å². The zero-order valence-electron chi connectivity index (χ0n) is 7.46. The third-order valence-corrected chi connectivity index (χ3v) is 3.29. The zero-order valence-corrected chi connectivity index (χ0v) is 9.04. The number of hydrogen-bond acceptors (Lipinski definition) is 2. The van der Waals surface area contributed by atoms with Crippen LogP contribution < -0.4 is 0 Å². The van der Waals surface area contributed by atoms with Crippen molar-refractivity contribution in [3.8, 4) is 6.07 Å². The van der Waals surface area contributed by atoms with Gasteiger partial charge < -0.3 is 0 Å². The monoisotopic (exact) mass is 249 g/mol. The summed E-state index contributed by atoms with van der Waals surface area (Å²) in [6.45, 7) is 0. The molecular formula is C11H8BrNO. The van der Waals surface area contributed by atoms with Gasteiger partial charge in [0.1, 0.15) is 5.78 Å². The number of halogens is 1. The molecule has 1 aromatic rings. The number of ketones is 1. The molecule has 0 atom stereocenters. The van der Waals surface area contributed by atoms with E-state index in [2.05, 4.69) is 22.0 Å². The largest absolute Gasteiger partial charge is 0.300 e. The van der Waals surface area contributed by atoms with Crippen molar-refractivity contribution in [1.82, 2.24) is 0 Å². The summed E-state index contributed by atoms with van der Waals surface area (Å²) in [5.74, 6) is 0.169. The fourth-order valence-corrected chi connectivity index (χ4v) is 2.46. The molecular weight excluding hydrogens is 242 g/mol. The minimum absolute atomic E-state index is 0.169. The molecule has 0 N–H and O–H groups in total. The van der Waals surface area contributed by atoms with E-state index in [-0.39, 0.29) is 5.78 Å². The van der Waals surface area contributed by atoms with Gasteiger partial charge in [-0.2, -0.15) is 5.26 Å². The minimum Gasteiger partial charge on any atom is -0.300 e. The van der Waals surface area contributed by atoms with Gasteiger partial charge in [0.15, 0.2) is 0 Å². The summed E-state index contributed by atoms with van der Waals surface area (Å²) < 4.78 is 0.911. The number of hydrogen-bond donors (Lipinski definition) is 0. The van der Waals surface area contributed by atoms with Crippen LogP contribution in [0.3, 0.4) is 0 Å². The summed E-state index contributed by atoms with van der Waals surface area (Å²) in [4.78, 5) is 11.0. The molecule has 1 fully saturated rings. The molecule has 0 amide bonds. The molecule has 0 aliphatic heterocycles. The lowest BCUT2D eigenvalue weighted by Crippen LogP contribution is -2.40. The molecule has 1 aliphatic carbocycles. The van der Waals surface area contributed by atoms with E-state index in [9.17, 15) is 4.79 Å². The molecule has 3 heteroatoms. The summed E-state index contributed by atoms with van der Waals surface area (Å²) in [5.41, 5.74) is 0.360. The Balaban J connectivity index is 2.45. The highest BCUT2D eigenvalue weighted by atomic mass is 79.9. The molecule has 1 aliphatic rings. The summed E-state index contributed by atoms with van der Waals surface area (Å²) in [6, 6.07) is 9.85. The molecule has 0 saturated heterocycles. The number of nitriles is 1. The van der Waals surface area contributed by atoms with Crippen LogP contribution in [-0.2, 0) is 10.2 Å². The van der Waals surface area contributed by atoms with E-state index < -0.39 is 5.41 Å². The third-order valence-electron chi connectivity index (χ3n) is 2.60. The van der Waals surface area contributed by atoms with Crippen LogP contribution in [0.15, 0.2) is 28.7 Å². The number of rotatable bonds is 1. The average Bonchev–Trinajstić information content (AvgIpc) is 2.14. The first kappa shape index (κ1) is 9.42. The Labute approximate surface area is 90.7 Å². The Kier molecular flexibility index (Phi) is 2.16. The number of nitrogens with zero attached hydrogens (tertiary/aromatic N) is 1. The fourth-order valence-electron chi connectivity index (χ4n) is 1.80. The van der Waals surface area contributed by atoms with E-state index in [1.54, 1.807) is 0 Å². The van der Waals surface area contributed by atoms with Crippen molar-refractivity contribution in [2.75, 3.05) is 0 Å². The molecule has 70 valence electrons. The van der Waals surface area contributed by atoms with Crippen molar-refractivity contribution in [3.63, 3.8) is 0 Å². The molecule has 0 bridgehead atoms. The van der Waals surface area contributed by atoms with Gasteiger partial charge in [-0.3, -0.25) is 4.79 Å². The zero-order chi connectivity index (χ0) is 10.2. The highest BCUT2D eigenvalue weighted by molar-refractivity contribution is 9.10. The number of carbonyl (C=O) groups excluding carboxylic acids is 1. The van der Waals surface area contributed by atoms with Gasteiger partial charge in [-0.05, 0) is 11.6 Å². The maximum Gasteiger partial charge on any atom is 0.136 e. The Morgan fingerprint density at radius 1 is 1.36 bits per heavy atom. The normalized spacial score (nSPS) is 18.4. The summed E-state index contributed by atoms with van der Waals surface area (Å²) in [5, 5.41) is 9.11. The molecule has 0 unspecified atom stereocenters. The van der Waals surface area contributed by atoms with E-state index in [1.165, 1.54) is 0 Å². The number of benzene rings is 1. The maximum atomic E-state index is 11.0. The van der Waals surface area contributed by atoms with Gasteiger partial charge in [0.2, 0.25) is 0 Å². The lowest BCUT2D eigenvalue weighted by molar-refractivity contribution is -0.126. The molecule has 0 heterocycles. The van der Waals surface area contributed by atoms with Crippen LogP contribution in [0.4, 0.5) is 0 Å². The second-order valence-electron chi connectivity index (χ2n) is 3.57. The molecule has 1 saturated carbocycles. The van der Waals surface area contributed by atoms with Gasteiger partial charge in [0, 0.05) is 17.3 Å². The smallest absolute Gasteiger partial charge is 0.136 e. The average molecular weight is 250 g/mol. The van der Waals surface area contributed by atoms with Crippen LogP contribution in [0.1, 0.15) is 18.4 Å². The van der Waals surface area contributed by atoms with Gasteiger partial charge in [-0.15, -0.1) is 0 Å². The molecule has 0 radical (unpaired) electrons. The van der Waals surface area contributed by atoms with Crippen LogP contribution in [0.5, 0.6) is 0 Å². The summed E-state index contributed by atoms with van der Waals surface area (Å²) in [6.07, 6.45) is 0.707. The number of carbonyl (C=O) groups is 1. The molecule has 14 heavy (non-hydrogen) atoms. The van der Waals surface area contributed by atoms with Crippen LogP contribution in [0.25, 0.3) is 0 Å². The third kappa shape index (κ3) is 1.27. The predicted molar refractivity (Wildman–Crippen MR) is 55.7 cm³/mol. The van der Waals surface area contributed by atoms with E-state index in [0.717, 1.165) is 10.0 Å². The van der Waals surface area contributed by atoms with Gasteiger partial charge in [0.25, 0.3) is 0 Å². The SMILES string of the molecule is N#CC1(c2ccccc2Br)CC(=O)C1. The minimum atomic E-state index is -0.572. The molecule has 0 aromatic heterocycles. The van der Waals surface area contributed by atoms with Crippen LogP contribution in [0.2, 0.25) is 0 Å². The quantitative estimate of drug-likeness (QED) is 0.768. The second kappa shape index (κ2) is 3.21. The fraction of sp³-hybridized carbons (Fsp3) is 0.273. The van der Waals surface area contributed by atoms with E-state index in [1.807, 2.05) is 24.3 Å². The molecule has 0 spiro atoms. The Bertz CT molecular complexity index is 425. The van der Waals surface area contributed by atoms with E-state index in [4.69, 9.17) is 5.26 Å². The van der Waals surface area contributed by atoms with Crippen LogP contribution >= 0.6 is 15.9 Å². The van der Waals surface area contributed by atoms with Crippen molar-refractivity contribution in [2.24, 2.45) is 0 Å². The van der Waals surface area contributed by atoms with Gasteiger partial charge in [-0.25, -0.2) is 0 Å². The predicted octanol–water partition coefficient (Wildman–Crippen LogP) is 2.57. The van der Waals surface area contributed by atoms with Crippen molar-refractivity contribution < 1.29 is 4.79 Å². The Morgan fingerprint density at radius 2 is 2.00 bits per heavy atom. The van der Waals surface area contributed by atoms with Crippen molar-refractivity contribution in [1.29, 1.82) is 5.26 Å². The van der Waals surface area contributed by atoms with Crippen LogP contribution in [-0.4, -0.2) is 5.78 Å². The topological polar surface area (TPSA) is 40.9 Å². The second-order valence-corrected chi connectivity index (χ2v) is 4.42. The standard InChI is InChI=1S/C11H8BrNO/c12-10-4-2-1-3-9(10)11(7-13)5-8(14)6-11/h1-4H,5-6H2. The van der Waals surface area contributed by atoms with E-state index in [0.29, 0.717) is 12.8 Å². The lowest BCUT2D eigenvalue weighted by atomic mass is 9.65. The van der Waals surface area contributed by atoms with Crippen molar-refractivity contribution >= 4 is 21.7 Å².